The van der Waals surface area contributed by atoms with E-state index in [0.717, 1.165) is 11.3 Å². The second kappa shape index (κ2) is 9.78. The van der Waals surface area contributed by atoms with Gasteiger partial charge in [-0.1, -0.05) is 30.7 Å². The van der Waals surface area contributed by atoms with Gasteiger partial charge in [-0.15, -0.1) is 0 Å². The predicted molar refractivity (Wildman–Crippen MR) is 115 cm³/mol. The molecule has 0 atom stereocenters. The Balaban J connectivity index is 1.61. The van der Waals surface area contributed by atoms with Gasteiger partial charge in [-0.2, -0.15) is 0 Å². The van der Waals surface area contributed by atoms with Crippen LogP contribution in [0.2, 0.25) is 0 Å². The summed E-state index contributed by atoms with van der Waals surface area (Å²) in [6.07, 6.45) is 8.32. The molecular formula is C23H20N2O5S. The predicted octanol–water partition coefficient (Wildman–Crippen LogP) is 3.35. The minimum atomic E-state index is -4.00. The number of carbonyl (C=O) groups is 1. The highest BCUT2D eigenvalue weighted by Crippen LogP contribution is 2.23. The van der Waals surface area contributed by atoms with Gasteiger partial charge in [0.2, 0.25) is 15.7 Å². The molecule has 0 saturated carbocycles. The number of benzene rings is 2. The van der Waals surface area contributed by atoms with E-state index in [9.17, 15) is 13.2 Å². The van der Waals surface area contributed by atoms with Crippen LogP contribution in [0.25, 0.3) is 11.5 Å². The van der Waals surface area contributed by atoms with Crippen molar-refractivity contribution in [3.63, 3.8) is 0 Å². The molecule has 158 valence electrons. The van der Waals surface area contributed by atoms with Gasteiger partial charge >= 0.3 is 0 Å². The van der Waals surface area contributed by atoms with Crippen molar-refractivity contribution in [1.82, 2.24) is 10.3 Å². The maximum atomic E-state index is 12.7. The number of rotatable bonds is 8. The van der Waals surface area contributed by atoms with Crippen molar-refractivity contribution in [3.05, 3.63) is 77.5 Å². The quantitative estimate of drug-likeness (QED) is 0.330. The first-order valence-electron chi connectivity index (χ1n) is 9.35. The highest BCUT2D eigenvalue weighted by molar-refractivity contribution is 7.96. The lowest BCUT2D eigenvalue weighted by Gasteiger charge is -2.09. The third-order valence-corrected chi connectivity index (χ3v) is 6.19. The van der Waals surface area contributed by atoms with Crippen LogP contribution in [0, 0.1) is 12.5 Å². The monoisotopic (exact) mass is 436 g/mol. The summed E-state index contributed by atoms with van der Waals surface area (Å²) in [4.78, 5) is 15.9. The van der Waals surface area contributed by atoms with Gasteiger partial charge in [0.05, 0.1) is 17.2 Å². The van der Waals surface area contributed by atoms with Gasteiger partial charge in [0.1, 0.15) is 16.9 Å². The van der Waals surface area contributed by atoms with Crippen LogP contribution in [0.15, 0.2) is 81.2 Å². The Kier molecular flexibility index (Phi) is 6.90. The Bertz CT molecular complexity index is 1220. The van der Waals surface area contributed by atoms with E-state index < -0.39 is 20.6 Å². The molecule has 0 aliphatic rings. The summed E-state index contributed by atoms with van der Waals surface area (Å²) in [5, 5.41) is 2.04. The van der Waals surface area contributed by atoms with Crippen LogP contribution in [0.4, 0.5) is 0 Å². The Morgan fingerprint density at radius 2 is 1.90 bits per heavy atom. The second-order valence-electron chi connectivity index (χ2n) is 6.33. The van der Waals surface area contributed by atoms with E-state index in [1.54, 1.807) is 6.26 Å². The lowest BCUT2D eigenvalue weighted by atomic mass is 10.2. The van der Waals surface area contributed by atoms with Gasteiger partial charge in [0.25, 0.3) is 5.91 Å². The molecule has 3 aromatic rings. The molecule has 0 bridgehead atoms. The summed E-state index contributed by atoms with van der Waals surface area (Å²) in [6, 6.07) is 17.3. The standard InChI is InChI=1S/C23H20N2O5S/c1-3-21(22(26)24-4-2)31(27,28)20-12-10-19(11-13-20)29-15-14-18-16-30-23(25-18)17-8-6-5-7-9-17/h2-3,5-13,16H,14-15H2,1H3,(H,24,26)/b21-3+. The van der Waals surface area contributed by atoms with Gasteiger partial charge in [-0.3, -0.25) is 10.1 Å². The van der Waals surface area contributed by atoms with Crippen molar-refractivity contribution < 1.29 is 22.4 Å². The molecule has 1 heterocycles. The molecule has 1 aromatic heterocycles. The summed E-state index contributed by atoms with van der Waals surface area (Å²) in [7, 11) is -4.00. The number of terminal acetylenes is 1. The summed E-state index contributed by atoms with van der Waals surface area (Å²) >= 11 is 0. The average molecular weight is 436 g/mol. The first-order valence-corrected chi connectivity index (χ1v) is 10.8. The van der Waals surface area contributed by atoms with E-state index in [1.807, 2.05) is 41.7 Å². The number of allylic oxidation sites excluding steroid dienone is 1. The molecule has 8 heteroatoms. The van der Waals surface area contributed by atoms with Gasteiger partial charge < -0.3 is 9.15 Å². The van der Waals surface area contributed by atoms with Crippen molar-refractivity contribution in [2.45, 2.75) is 18.2 Å². The molecule has 0 radical (unpaired) electrons. The van der Waals surface area contributed by atoms with Gasteiger partial charge in [-0.25, -0.2) is 13.4 Å². The van der Waals surface area contributed by atoms with Gasteiger partial charge in [0.15, 0.2) is 0 Å². The van der Waals surface area contributed by atoms with Gasteiger partial charge in [-0.05, 0) is 43.3 Å². The lowest BCUT2D eigenvalue weighted by molar-refractivity contribution is -0.115. The molecule has 0 unspecified atom stereocenters. The van der Waals surface area contributed by atoms with Crippen LogP contribution in [0.5, 0.6) is 5.75 Å². The van der Waals surface area contributed by atoms with E-state index in [-0.39, 0.29) is 4.90 Å². The number of hydrogen-bond donors (Lipinski definition) is 1. The summed E-state index contributed by atoms with van der Waals surface area (Å²) in [6.45, 7) is 1.78. The first-order chi connectivity index (χ1) is 15.0. The average Bonchev–Trinajstić information content (AvgIpc) is 3.24. The third kappa shape index (κ3) is 5.21. The summed E-state index contributed by atoms with van der Waals surface area (Å²) < 4.78 is 36.5. The van der Waals surface area contributed by atoms with E-state index in [1.165, 1.54) is 37.3 Å². The van der Waals surface area contributed by atoms with Crippen LogP contribution in [-0.2, 0) is 21.1 Å². The van der Waals surface area contributed by atoms with E-state index in [0.29, 0.717) is 24.7 Å². The van der Waals surface area contributed by atoms with Crippen LogP contribution in [0.3, 0.4) is 0 Å². The van der Waals surface area contributed by atoms with Crippen molar-refractivity contribution >= 4 is 15.7 Å². The highest BCUT2D eigenvalue weighted by atomic mass is 32.2. The smallest absolute Gasteiger partial charge is 0.274 e. The molecule has 1 amide bonds. The lowest BCUT2D eigenvalue weighted by Crippen LogP contribution is -2.24. The molecule has 3 rings (SSSR count). The number of nitrogens with one attached hydrogen (secondary N) is 1. The molecular weight excluding hydrogens is 416 g/mol. The Morgan fingerprint density at radius 1 is 1.19 bits per heavy atom. The second-order valence-corrected chi connectivity index (χ2v) is 8.25. The number of aromatic nitrogens is 1. The fourth-order valence-electron chi connectivity index (χ4n) is 2.79. The molecule has 0 aliphatic carbocycles. The number of carbonyl (C=O) groups excluding carboxylic acids is 1. The molecule has 31 heavy (non-hydrogen) atoms. The van der Waals surface area contributed by atoms with Crippen molar-refractivity contribution in [2.75, 3.05) is 6.61 Å². The fourth-order valence-corrected chi connectivity index (χ4v) is 4.14. The normalized spacial score (nSPS) is 11.5. The number of ether oxygens (including phenoxy) is 1. The largest absolute Gasteiger partial charge is 0.493 e. The number of amides is 1. The summed E-state index contributed by atoms with van der Waals surface area (Å²) in [5.41, 5.74) is 1.64. The molecule has 7 nitrogen and oxygen atoms in total. The Labute approximate surface area is 180 Å². The van der Waals surface area contributed by atoms with Crippen molar-refractivity contribution in [1.29, 1.82) is 0 Å². The minimum Gasteiger partial charge on any atom is -0.493 e. The van der Waals surface area contributed by atoms with Crippen molar-refractivity contribution in [3.8, 4) is 29.7 Å². The number of sulfone groups is 1. The number of hydrogen-bond acceptors (Lipinski definition) is 6. The zero-order valence-electron chi connectivity index (χ0n) is 16.7. The maximum Gasteiger partial charge on any atom is 0.274 e. The topological polar surface area (TPSA) is 98.5 Å². The summed E-state index contributed by atoms with van der Waals surface area (Å²) in [5.74, 6) is 0.174. The maximum absolute atomic E-state index is 12.7. The molecule has 1 N–H and O–H groups in total. The molecule has 0 spiro atoms. The van der Waals surface area contributed by atoms with E-state index in [2.05, 4.69) is 4.98 Å². The van der Waals surface area contributed by atoms with Crippen LogP contribution in [0.1, 0.15) is 12.6 Å². The Morgan fingerprint density at radius 3 is 2.55 bits per heavy atom. The SMILES string of the molecule is C#CNC(=O)/C(=C\C)S(=O)(=O)c1ccc(OCCc2coc(-c3ccccc3)n2)cc1. The Hall–Kier alpha value is -3.83. The van der Waals surface area contributed by atoms with Crippen LogP contribution >= 0.6 is 0 Å². The van der Waals surface area contributed by atoms with Crippen LogP contribution < -0.4 is 10.1 Å². The molecule has 0 saturated heterocycles. The van der Waals surface area contributed by atoms with Gasteiger partial charge in [0, 0.05) is 18.0 Å². The minimum absolute atomic E-state index is 0.0378. The zero-order chi connectivity index (χ0) is 22.3. The zero-order valence-corrected chi connectivity index (χ0v) is 17.6. The van der Waals surface area contributed by atoms with Crippen molar-refractivity contribution in [2.24, 2.45) is 0 Å². The fraction of sp³-hybridized carbons (Fsp3) is 0.130. The number of oxazole rings is 1. The highest BCUT2D eigenvalue weighted by Gasteiger charge is 2.26. The number of nitrogens with zero attached hydrogens (tertiary/aromatic N) is 1. The van der Waals surface area contributed by atoms with E-state index in [4.69, 9.17) is 15.6 Å². The molecule has 0 fully saturated rings. The molecule has 0 aliphatic heterocycles. The van der Waals surface area contributed by atoms with Crippen LogP contribution in [-0.4, -0.2) is 25.9 Å². The van der Waals surface area contributed by atoms with E-state index >= 15 is 0 Å². The molecule has 2 aromatic carbocycles. The first kappa shape index (κ1) is 21.9. The third-order valence-electron chi connectivity index (χ3n) is 4.29.